The van der Waals surface area contributed by atoms with Crippen LogP contribution in [0.3, 0.4) is 0 Å². The molecular formula is C37H54N6O16S. The third kappa shape index (κ3) is 17.0. The second-order valence-corrected chi connectivity index (χ2v) is 15.7. The molecule has 1 saturated heterocycles. The van der Waals surface area contributed by atoms with Crippen molar-refractivity contribution in [1.82, 2.24) is 16.0 Å². The Morgan fingerprint density at radius 1 is 0.917 bits per heavy atom. The molecule has 1 aliphatic heterocycles. The number of hydrogen-bond acceptors (Lipinski definition) is 17. The highest BCUT2D eigenvalue weighted by Gasteiger charge is 2.45. The third-order valence-electron chi connectivity index (χ3n) is 8.24. The van der Waals surface area contributed by atoms with E-state index in [2.05, 4.69) is 26.0 Å². The molecule has 22 nitrogen and oxygen atoms in total. The molecule has 0 unspecified atom stereocenters. The number of likely N-dealkylation sites (N-methyl/N-ethyl adjacent to an activating group) is 1. The lowest BCUT2D eigenvalue weighted by Crippen LogP contribution is -2.60. The quantitative estimate of drug-likeness (QED) is 0.0241. The molecule has 7 N–H and O–H groups in total. The smallest absolute Gasteiger partial charge is 0.408 e. The molecule has 334 valence electrons. The molecule has 6 atom stereocenters. The number of nitrogens with one attached hydrogen (secondary N) is 3. The number of aliphatic hydroxyl groups is 4. The number of aliphatic hydroxyl groups excluding tert-OH is 4. The van der Waals surface area contributed by atoms with Crippen molar-refractivity contribution in [3.8, 4) is 11.5 Å². The van der Waals surface area contributed by atoms with Gasteiger partial charge >= 0.3 is 16.2 Å². The van der Waals surface area contributed by atoms with Crippen LogP contribution in [0.1, 0.15) is 42.3 Å². The van der Waals surface area contributed by atoms with Crippen LogP contribution in [0.15, 0.2) is 47.6 Å². The topological polar surface area (TPSA) is 316 Å². The number of amides is 3. The SMILES string of the molecule is CNC(=O)[C@H](Cc1ccc(OS(=O)(=O)Cc2ccc(O[C@@H]3O[C@H](CO)[C@H](O)[C@H](O)[C@H]3O)c(C(=O)NCCOCCOCCOCCN=[N+]=[N-])c2)cc1)NC(=O)OC(C)(C)C. The highest BCUT2D eigenvalue weighted by atomic mass is 32.2. The Bertz CT molecular complexity index is 1840. The number of rotatable bonds is 24. The lowest BCUT2D eigenvalue weighted by molar-refractivity contribution is -0.277. The molecule has 2 aromatic rings. The van der Waals surface area contributed by atoms with Crippen molar-refractivity contribution in [2.24, 2.45) is 5.11 Å². The number of alkyl carbamates (subject to hydrolysis) is 1. The monoisotopic (exact) mass is 870 g/mol. The van der Waals surface area contributed by atoms with Crippen LogP contribution in [0.5, 0.6) is 11.5 Å². The Morgan fingerprint density at radius 2 is 1.55 bits per heavy atom. The number of benzene rings is 2. The summed E-state index contributed by atoms with van der Waals surface area (Å²) >= 11 is 0. The standard InChI is InChI=1S/C37H54N6O16S/c1-37(2,3)58-36(50)42-27(34(49)39-4)20-23-5-8-25(9-6-23)59-60(51,52)22-24-7-10-28(56-35-32(47)31(46)30(45)29(21-44)57-35)26(19-24)33(48)40-11-13-53-15-17-55-18-16-54-14-12-41-43-38/h5-10,19,27,29-32,35,44-47H,11-18,20-22H2,1-4H3,(H,39,49)(H,40,48)(H,42,50)/t27-,29+,30-,31-,32+,35+/m0/s1. The molecule has 0 aromatic heterocycles. The molecular weight excluding hydrogens is 816 g/mol. The van der Waals surface area contributed by atoms with Crippen molar-refractivity contribution >= 4 is 28.0 Å². The van der Waals surface area contributed by atoms with Crippen molar-refractivity contribution < 1.29 is 75.8 Å². The number of nitrogens with zero attached hydrogens (tertiary/aromatic N) is 3. The van der Waals surface area contributed by atoms with Gasteiger partial charge in [0.1, 0.15) is 53.3 Å². The van der Waals surface area contributed by atoms with Gasteiger partial charge in [-0.3, -0.25) is 9.59 Å². The highest BCUT2D eigenvalue weighted by Crippen LogP contribution is 2.28. The Kier molecular flexibility index (Phi) is 20.2. The van der Waals surface area contributed by atoms with Crippen LogP contribution >= 0.6 is 0 Å². The summed E-state index contributed by atoms with van der Waals surface area (Å²) in [6, 6.07) is 8.59. The Balaban J connectivity index is 1.67. The van der Waals surface area contributed by atoms with Gasteiger partial charge in [-0.2, -0.15) is 8.42 Å². The largest absolute Gasteiger partial charge is 0.461 e. The number of hydrogen-bond donors (Lipinski definition) is 7. The molecule has 2 aromatic carbocycles. The minimum absolute atomic E-state index is 0.00338. The highest BCUT2D eigenvalue weighted by molar-refractivity contribution is 7.86. The second-order valence-electron chi connectivity index (χ2n) is 14.1. The van der Waals surface area contributed by atoms with Gasteiger partial charge in [0.15, 0.2) is 0 Å². The summed E-state index contributed by atoms with van der Waals surface area (Å²) in [6.45, 7) is 5.87. The molecule has 23 heteroatoms. The van der Waals surface area contributed by atoms with Gasteiger partial charge in [0.05, 0.1) is 51.8 Å². The van der Waals surface area contributed by atoms with E-state index >= 15 is 0 Å². The van der Waals surface area contributed by atoms with Gasteiger partial charge in [0.25, 0.3) is 5.91 Å². The Morgan fingerprint density at radius 3 is 2.17 bits per heavy atom. The van der Waals surface area contributed by atoms with Gasteiger partial charge < -0.3 is 69.0 Å². The number of azide groups is 1. The summed E-state index contributed by atoms with van der Waals surface area (Å²) in [4.78, 5) is 40.9. The molecule has 1 fully saturated rings. The van der Waals surface area contributed by atoms with Crippen molar-refractivity contribution in [1.29, 1.82) is 0 Å². The van der Waals surface area contributed by atoms with Crippen molar-refractivity contribution in [2.75, 3.05) is 66.4 Å². The van der Waals surface area contributed by atoms with E-state index in [9.17, 15) is 43.2 Å². The molecule has 0 bridgehead atoms. The molecule has 0 aliphatic carbocycles. The predicted octanol–water partition coefficient (Wildman–Crippen LogP) is 0.0458. The predicted molar refractivity (Wildman–Crippen MR) is 210 cm³/mol. The summed E-state index contributed by atoms with van der Waals surface area (Å²) in [6.07, 6.45) is -8.91. The number of carbonyl (C=O) groups is 3. The van der Waals surface area contributed by atoms with Crippen molar-refractivity contribution in [2.45, 2.75) is 75.3 Å². The first kappa shape index (κ1) is 49.6. The average Bonchev–Trinajstić information content (AvgIpc) is 3.19. The molecule has 0 saturated carbocycles. The van der Waals surface area contributed by atoms with Crippen molar-refractivity contribution in [3.05, 3.63) is 69.6 Å². The van der Waals surface area contributed by atoms with Crippen LogP contribution < -0.4 is 24.9 Å². The van der Waals surface area contributed by atoms with Gasteiger partial charge in [0, 0.05) is 31.5 Å². The minimum Gasteiger partial charge on any atom is -0.461 e. The van der Waals surface area contributed by atoms with E-state index in [1.54, 1.807) is 20.8 Å². The zero-order valence-electron chi connectivity index (χ0n) is 33.7. The van der Waals surface area contributed by atoms with Gasteiger partial charge in [-0.15, -0.1) is 0 Å². The normalized spacial score (nSPS) is 19.6. The van der Waals surface area contributed by atoms with Crippen molar-refractivity contribution in [3.63, 3.8) is 0 Å². The lowest BCUT2D eigenvalue weighted by atomic mass is 9.99. The fraction of sp³-hybridized carbons (Fsp3) is 0.595. The van der Waals surface area contributed by atoms with E-state index in [1.807, 2.05) is 0 Å². The summed E-state index contributed by atoms with van der Waals surface area (Å²) in [5.41, 5.74) is 7.92. The first-order chi connectivity index (χ1) is 28.5. The van der Waals surface area contributed by atoms with Crippen LogP contribution in [0.4, 0.5) is 4.79 Å². The maximum atomic E-state index is 13.4. The number of ether oxygens (including phenoxy) is 6. The van der Waals surface area contributed by atoms with Crippen LogP contribution in [-0.2, 0) is 50.8 Å². The second kappa shape index (κ2) is 24.4. The zero-order chi connectivity index (χ0) is 44.3. The van der Waals surface area contributed by atoms with Crippen LogP contribution in [0, 0.1) is 0 Å². The van der Waals surface area contributed by atoms with Crippen LogP contribution in [0.2, 0.25) is 0 Å². The first-order valence-corrected chi connectivity index (χ1v) is 20.4. The fourth-order valence-electron chi connectivity index (χ4n) is 5.39. The molecule has 0 spiro atoms. The van der Waals surface area contributed by atoms with E-state index in [-0.39, 0.29) is 75.2 Å². The third-order valence-corrected chi connectivity index (χ3v) is 9.37. The minimum atomic E-state index is -4.35. The van der Waals surface area contributed by atoms with E-state index in [0.29, 0.717) is 12.2 Å². The molecule has 60 heavy (non-hydrogen) atoms. The van der Waals surface area contributed by atoms with Gasteiger partial charge in [0.2, 0.25) is 12.2 Å². The molecule has 0 radical (unpaired) electrons. The zero-order valence-corrected chi connectivity index (χ0v) is 34.5. The maximum Gasteiger partial charge on any atom is 0.408 e. The number of carbonyl (C=O) groups excluding carboxylic acids is 3. The Labute approximate surface area is 347 Å². The van der Waals surface area contributed by atoms with E-state index in [0.717, 1.165) is 0 Å². The lowest BCUT2D eigenvalue weighted by Gasteiger charge is -2.39. The summed E-state index contributed by atoms with van der Waals surface area (Å²) in [7, 11) is -2.94. The van der Waals surface area contributed by atoms with E-state index in [1.165, 1.54) is 49.5 Å². The van der Waals surface area contributed by atoms with Gasteiger partial charge in [-0.1, -0.05) is 23.3 Å². The molecule has 1 heterocycles. The van der Waals surface area contributed by atoms with Gasteiger partial charge in [-0.05, 0) is 61.7 Å². The van der Waals surface area contributed by atoms with E-state index < -0.39 is 82.7 Å². The fourth-order valence-corrected chi connectivity index (χ4v) is 6.44. The Hall–Kier alpha value is -4.81. The summed E-state index contributed by atoms with van der Waals surface area (Å²) in [5, 5.41) is 51.5. The molecule has 3 rings (SSSR count). The van der Waals surface area contributed by atoms with Crippen LogP contribution in [-0.4, -0.2) is 155 Å². The molecule has 3 amide bonds. The van der Waals surface area contributed by atoms with Gasteiger partial charge in [-0.25, -0.2) is 4.79 Å². The maximum absolute atomic E-state index is 13.4. The van der Waals surface area contributed by atoms with E-state index in [4.69, 9.17) is 38.1 Å². The average molecular weight is 871 g/mol. The van der Waals surface area contributed by atoms with Crippen LogP contribution in [0.25, 0.3) is 10.4 Å². The summed E-state index contributed by atoms with van der Waals surface area (Å²) < 4.78 is 64.3. The molecule has 1 aliphatic rings. The summed E-state index contributed by atoms with van der Waals surface area (Å²) in [5.74, 6) is -2.18. The first-order valence-electron chi connectivity index (χ1n) is 18.8.